The highest BCUT2D eigenvalue weighted by molar-refractivity contribution is 7.99. The number of piperidine rings is 1. The van der Waals surface area contributed by atoms with Gasteiger partial charge in [0.05, 0.1) is 19.1 Å². The molecular formula is C14H24N2O4S. The number of hydrogen-bond donors (Lipinski definition) is 2. The molecule has 1 rings (SSSR count). The van der Waals surface area contributed by atoms with Crippen molar-refractivity contribution in [1.82, 2.24) is 10.2 Å². The summed E-state index contributed by atoms with van der Waals surface area (Å²) in [5.41, 5.74) is 0. The molecule has 1 aliphatic rings. The van der Waals surface area contributed by atoms with E-state index in [1.54, 1.807) is 16.7 Å². The number of rotatable bonds is 9. The Kier molecular flexibility index (Phi) is 8.93. The van der Waals surface area contributed by atoms with Crippen LogP contribution in [0, 0.1) is 0 Å². The van der Waals surface area contributed by atoms with E-state index < -0.39 is 5.97 Å². The number of amides is 2. The Morgan fingerprint density at radius 1 is 1.43 bits per heavy atom. The maximum absolute atomic E-state index is 11.9. The molecule has 1 heterocycles. The van der Waals surface area contributed by atoms with Gasteiger partial charge in [0.2, 0.25) is 0 Å². The quantitative estimate of drug-likeness (QED) is 0.499. The number of likely N-dealkylation sites (tertiary alicyclic amines) is 1. The largest absolute Gasteiger partial charge is 0.481 e. The maximum atomic E-state index is 11.9. The molecule has 1 aliphatic heterocycles. The molecule has 0 aromatic carbocycles. The summed E-state index contributed by atoms with van der Waals surface area (Å²) in [6, 6.07) is -0.0295. The Balaban J connectivity index is 2.09. The van der Waals surface area contributed by atoms with E-state index in [1.807, 2.05) is 6.08 Å². The Hall–Kier alpha value is -1.21. The second kappa shape index (κ2) is 10.5. The maximum Gasteiger partial charge on any atom is 0.317 e. The summed E-state index contributed by atoms with van der Waals surface area (Å²) in [6.45, 7) is 5.86. The van der Waals surface area contributed by atoms with Gasteiger partial charge in [-0.25, -0.2) is 4.79 Å². The molecule has 21 heavy (non-hydrogen) atoms. The molecule has 0 radical (unpaired) electrons. The van der Waals surface area contributed by atoms with Gasteiger partial charge in [0, 0.05) is 31.1 Å². The summed E-state index contributed by atoms with van der Waals surface area (Å²) in [4.78, 5) is 24.1. The Morgan fingerprint density at radius 3 is 2.76 bits per heavy atom. The van der Waals surface area contributed by atoms with Crippen molar-refractivity contribution in [1.29, 1.82) is 0 Å². The van der Waals surface area contributed by atoms with Gasteiger partial charge in [-0.05, 0) is 12.8 Å². The average molecular weight is 316 g/mol. The van der Waals surface area contributed by atoms with Crippen LogP contribution in [0.5, 0.6) is 0 Å². The lowest BCUT2D eigenvalue weighted by molar-refractivity contribution is -0.138. The normalized spacial score (nSPS) is 15.7. The predicted octanol–water partition coefficient (Wildman–Crippen LogP) is 1.57. The second-order valence-electron chi connectivity index (χ2n) is 4.80. The van der Waals surface area contributed by atoms with Crippen molar-refractivity contribution in [2.24, 2.45) is 0 Å². The number of carbonyl (C=O) groups excluding carboxylic acids is 1. The Labute approximate surface area is 129 Å². The lowest BCUT2D eigenvalue weighted by atomic mass is 10.1. The van der Waals surface area contributed by atoms with E-state index in [2.05, 4.69) is 11.9 Å². The fraction of sp³-hybridized carbons (Fsp3) is 0.714. The van der Waals surface area contributed by atoms with Crippen molar-refractivity contribution >= 4 is 23.8 Å². The van der Waals surface area contributed by atoms with Gasteiger partial charge in [-0.1, -0.05) is 6.08 Å². The summed E-state index contributed by atoms with van der Waals surface area (Å²) in [5, 5.41) is 11.4. The molecule has 0 aromatic rings. The van der Waals surface area contributed by atoms with Crippen LogP contribution in [0.15, 0.2) is 12.7 Å². The molecule has 2 N–H and O–H groups in total. The zero-order chi connectivity index (χ0) is 15.5. The topological polar surface area (TPSA) is 78.9 Å². The first kappa shape index (κ1) is 17.8. The van der Waals surface area contributed by atoms with Crippen molar-refractivity contribution in [2.75, 3.05) is 37.7 Å². The molecule has 6 nitrogen and oxygen atoms in total. The smallest absolute Gasteiger partial charge is 0.317 e. The van der Waals surface area contributed by atoms with Gasteiger partial charge < -0.3 is 20.1 Å². The zero-order valence-electron chi connectivity index (χ0n) is 12.3. The summed E-state index contributed by atoms with van der Waals surface area (Å²) in [6.07, 6.45) is 3.47. The van der Waals surface area contributed by atoms with Gasteiger partial charge in [-0.3, -0.25) is 4.79 Å². The number of carbonyl (C=O) groups is 2. The van der Waals surface area contributed by atoms with Gasteiger partial charge in [-0.15, -0.1) is 6.58 Å². The second-order valence-corrected chi connectivity index (χ2v) is 5.95. The van der Waals surface area contributed by atoms with Crippen LogP contribution in [0.1, 0.15) is 19.3 Å². The van der Waals surface area contributed by atoms with E-state index in [0.717, 1.165) is 24.3 Å². The van der Waals surface area contributed by atoms with Crippen LogP contribution in [-0.4, -0.2) is 65.9 Å². The first-order chi connectivity index (χ1) is 10.1. The van der Waals surface area contributed by atoms with Crippen molar-refractivity contribution < 1.29 is 19.4 Å². The summed E-state index contributed by atoms with van der Waals surface area (Å²) < 4.78 is 5.50. The average Bonchev–Trinajstić information content (AvgIpc) is 2.47. The van der Waals surface area contributed by atoms with E-state index in [0.29, 0.717) is 19.6 Å². The highest BCUT2D eigenvalue weighted by Gasteiger charge is 2.22. The first-order valence-electron chi connectivity index (χ1n) is 7.18. The minimum Gasteiger partial charge on any atom is -0.481 e. The third kappa shape index (κ3) is 7.96. The monoisotopic (exact) mass is 316 g/mol. The van der Waals surface area contributed by atoms with Gasteiger partial charge >= 0.3 is 12.0 Å². The van der Waals surface area contributed by atoms with Crippen molar-refractivity contribution in [3.63, 3.8) is 0 Å². The number of nitrogens with one attached hydrogen (secondary N) is 1. The van der Waals surface area contributed by atoms with E-state index in [1.165, 1.54) is 0 Å². The Morgan fingerprint density at radius 2 is 2.14 bits per heavy atom. The van der Waals surface area contributed by atoms with E-state index >= 15 is 0 Å². The van der Waals surface area contributed by atoms with Crippen LogP contribution < -0.4 is 5.32 Å². The van der Waals surface area contributed by atoms with Gasteiger partial charge in [-0.2, -0.15) is 11.8 Å². The summed E-state index contributed by atoms with van der Waals surface area (Å²) in [5.74, 6) is 0.933. The zero-order valence-corrected chi connectivity index (χ0v) is 13.1. The molecule has 0 bridgehead atoms. The lowest BCUT2D eigenvalue weighted by Crippen LogP contribution is -2.46. The molecule has 1 saturated heterocycles. The fourth-order valence-corrected chi connectivity index (χ4v) is 2.63. The molecule has 0 saturated carbocycles. The minimum atomic E-state index is -0.846. The minimum absolute atomic E-state index is 0.0295. The number of carboxylic acid groups (broad SMARTS) is 1. The van der Waals surface area contributed by atoms with Gasteiger partial charge in [0.25, 0.3) is 0 Å². The molecular weight excluding hydrogens is 292 g/mol. The number of thioether (sulfide) groups is 1. The Bertz CT molecular complexity index is 344. The lowest BCUT2D eigenvalue weighted by Gasteiger charge is -2.31. The molecule has 2 amide bonds. The van der Waals surface area contributed by atoms with E-state index in [-0.39, 0.29) is 25.2 Å². The van der Waals surface area contributed by atoms with Crippen LogP contribution >= 0.6 is 11.8 Å². The number of aliphatic carboxylic acids is 1. The molecule has 7 heteroatoms. The molecule has 0 atom stereocenters. The number of urea groups is 1. The number of carboxylic acids is 1. The van der Waals surface area contributed by atoms with Crippen LogP contribution in [0.2, 0.25) is 0 Å². The number of ether oxygens (including phenoxy) is 1. The SMILES string of the molecule is C=CCSCCNC(=O)N1CCC(OCCC(=O)O)CC1. The molecule has 0 unspecified atom stereocenters. The summed E-state index contributed by atoms with van der Waals surface area (Å²) in [7, 11) is 0. The van der Waals surface area contributed by atoms with Gasteiger partial charge in [0.1, 0.15) is 0 Å². The van der Waals surface area contributed by atoms with Crippen LogP contribution in [0.4, 0.5) is 4.79 Å². The fourth-order valence-electron chi connectivity index (χ4n) is 2.05. The van der Waals surface area contributed by atoms with Gasteiger partial charge in [0.15, 0.2) is 0 Å². The predicted molar refractivity (Wildman–Crippen MR) is 83.7 cm³/mol. The van der Waals surface area contributed by atoms with Crippen molar-refractivity contribution in [3.8, 4) is 0 Å². The summed E-state index contributed by atoms with van der Waals surface area (Å²) >= 11 is 1.73. The van der Waals surface area contributed by atoms with Crippen LogP contribution in [-0.2, 0) is 9.53 Å². The molecule has 0 aliphatic carbocycles. The number of nitrogens with zero attached hydrogens (tertiary/aromatic N) is 1. The van der Waals surface area contributed by atoms with Crippen LogP contribution in [0.25, 0.3) is 0 Å². The third-order valence-corrected chi connectivity index (χ3v) is 4.12. The highest BCUT2D eigenvalue weighted by atomic mass is 32.2. The molecule has 120 valence electrons. The standard InChI is InChI=1S/C14H24N2O4S/c1-2-10-21-11-6-15-14(19)16-7-3-12(4-8-16)20-9-5-13(17)18/h2,12H,1,3-11H2,(H,15,19)(H,17,18). The van der Waals surface area contributed by atoms with E-state index in [9.17, 15) is 9.59 Å². The molecule has 0 aromatic heterocycles. The highest BCUT2D eigenvalue weighted by Crippen LogP contribution is 2.14. The molecule has 1 fully saturated rings. The first-order valence-corrected chi connectivity index (χ1v) is 8.33. The van der Waals surface area contributed by atoms with Crippen molar-refractivity contribution in [3.05, 3.63) is 12.7 Å². The van der Waals surface area contributed by atoms with Crippen LogP contribution in [0.3, 0.4) is 0 Å². The molecule has 0 spiro atoms. The van der Waals surface area contributed by atoms with E-state index in [4.69, 9.17) is 9.84 Å². The number of hydrogen-bond acceptors (Lipinski definition) is 4. The third-order valence-electron chi connectivity index (χ3n) is 3.16. The van der Waals surface area contributed by atoms with Crippen molar-refractivity contribution in [2.45, 2.75) is 25.4 Å².